The van der Waals surface area contributed by atoms with Crippen LogP contribution in [-0.4, -0.2) is 37.1 Å². The lowest BCUT2D eigenvalue weighted by Gasteiger charge is -2.28. The fourth-order valence-electron chi connectivity index (χ4n) is 1.82. The first-order chi connectivity index (χ1) is 7.19. The summed E-state index contributed by atoms with van der Waals surface area (Å²) in [4.78, 5) is 2.29. The summed E-state index contributed by atoms with van der Waals surface area (Å²) in [6, 6.07) is 2.89. The number of nitriles is 1. The summed E-state index contributed by atoms with van der Waals surface area (Å²) in [5.41, 5.74) is 0. The lowest BCUT2D eigenvalue weighted by atomic mass is 10.1. The molecule has 0 aliphatic carbocycles. The van der Waals surface area contributed by atoms with Crippen molar-refractivity contribution in [1.29, 1.82) is 5.26 Å². The second-order valence-corrected chi connectivity index (χ2v) is 4.05. The standard InChI is InChI=1S/C12H25N3/c1-5-8-14-11(9-13)10-15(4)12(6-2)7-3/h11-12,14H,5-8,10H2,1-4H3. The lowest BCUT2D eigenvalue weighted by molar-refractivity contribution is 0.218. The third kappa shape index (κ3) is 5.76. The van der Waals surface area contributed by atoms with Crippen LogP contribution in [0.1, 0.15) is 40.0 Å². The minimum atomic E-state index is -0.0319. The van der Waals surface area contributed by atoms with Crippen LogP contribution in [0.2, 0.25) is 0 Å². The molecule has 0 fully saturated rings. The van der Waals surface area contributed by atoms with Gasteiger partial charge < -0.3 is 10.2 Å². The Hall–Kier alpha value is -0.590. The second-order valence-electron chi connectivity index (χ2n) is 4.05. The average Bonchev–Trinajstić information content (AvgIpc) is 2.25. The van der Waals surface area contributed by atoms with E-state index in [4.69, 9.17) is 5.26 Å². The molecule has 0 heterocycles. The molecule has 0 amide bonds. The summed E-state index contributed by atoms with van der Waals surface area (Å²) in [5.74, 6) is 0. The second kappa shape index (κ2) is 8.70. The summed E-state index contributed by atoms with van der Waals surface area (Å²) in [6.45, 7) is 8.26. The predicted octanol–water partition coefficient (Wildman–Crippen LogP) is 2.00. The van der Waals surface area contributed by atoms with Gasteiger partial charge in [-0.1, -0.05) is 20.8 Å². The van der Waals surface area contributed by atoms with Crippen molar-refractivity contribution in [1.82, 2.24) is 10.2 Å². The highest BCUT2D eigenvalue weighted by atomic mass is 15.1. The van der Waals surface area contributed by atoms with Gasteiger partial charge in [0, 0.05) is 12.6 Å². The van der Waals surface area contributed by atoms with E-state index in [1.54, 1.807) is 0 Å². The van der Waals surface area contributed by atoms with E-state index in [2.05, 4.69) is 44.1 Å². The summed E-state index contributed by atoms with van der Waals surface area (Å²) in [6.07, 6.45) is 3.38. The first-order valence-corrected chi connectivity index (χ1v) is 6.02. The molecule has 0 saturated carbocycles. The smallest absolute Gasteiger partial charge is 0.108 e. The van der Waals surface area contributed by atoms with Gasteiger partial charge in [0.05, 0.1) is 6.07 Å². The molecule has 1 atom stereocenters. The Kier molecular flexibility index (Phi) is 8.35. The van der Waals surface area contributed by atoms with Crippen molar-refractivity contribution in [3.63, 3.8) is 0 Å². The van der Waals surface area contributed by atoms with Gasteiger partial charge in [-0.2, -0.15) is 5.26 Å². The molecule has 0 aromatic carbocycles. The van der Waals surface area contributed by atoms with Crippen LogP contribution in [0.5, 0.6) is 0 Å². The topological polar surface area (TPSA) is 39.1 Å². The fraction of sp³-hybridized carbons (Fsp3) is 0.917. The van der Waals surface area contributed by atoms with Gasteiger partial charge in [-0.3, -0.25) is 0 Å². The zero-order valence-electron chi connectivity index (χ0n) is 10.6. The molecule has 15 heavy (non-hydrogen) atoms. The number of nitrogens with one attached hydrogen (secondary N) is 1. The number of nitrogens with zero attached hydrogens (tertiary/aromatic N) is 2. The van der Waals surface area contributed by atoms with Crippen LogP contribution in [0.3, 0.4) is 0 Å². The largest absolute Gasteiger partial charge is 0.301 e. The van der Waals surface area contributed by atoms with Crippen LogP contribution in [0, 0.1) is 11.3 Å². The van der Waals surface area contributed by atoms with Crippen molar-refractivity contribution in [2.45, 2.75) is 52.1 Å². The van der Waals surface area contributed by atoms with E-state index in [0.717, 1.165) is 32.4 Å². The Morgan fingerprint density at radius 2 is 1.87 bits per heavy atom. The lowest BCUT2D eigenvalue weighted by Crippen LogP contribution is -2.42. The maximum absolute atomic E-state index is 8.99. The highest BCUT2D eigenvalue weighted by Crippen LogP contribution is 2.06. The van der Waals surface area contributed by atoms with Gasteiger partial charge in [0.15, 0.2) is 0 Å². The van der Waals surface area contributed by atoms with Gasteiger partial charge in [0.1, 0.15) is 6.04 Å². The highest BCUT2D eigenvalue weighted by molar-refractivity contribution is 4.92. The Balaban J connectivity index is 4.00. The number of hydrogen-bond donors (Lipinski definition) is 1. The first kappa shape index (κ1) is 14.4. The molecule has 0 aromatic heterocycles. The molecule has 0 spiro atoms. The van der Waals surface area contributed by atoms with E-state index < -0.39 is 0 Å². The van der Waals surface area contributed by atoms with Gasteiger partial charge in [0.2, 0.25) is 0 Å². The Morgan fingerprint density at radius 3 is 2.27 bits per heavy atom. The summed E-state index contributed by atoms with van der Waals surface area (Å²) >= 11 is 0. The van der Waals surface area contributed by atoms with E-state index in [-0.39, 0.29) is 6.04 Å². The number of rotatable bonds is 8. The molecule has 0 aliphatic heterocycles. The van der Waals surface area contributed by atoms with Gasteiger partial charge >= 0.3 is 0 Å². The number of hydrogen-bond acceptors (Lipinski definition) is 3. The molecule has 0 radical (unpaired) electrons. The molecule has 0 bridgehead atoms. The molecule has 0 saturated heterocycles. The molecule has 1 N–H and O–H groups in total. The van der Waals surface area contributed by atoms with Crippen molar-refractivity contribution < 1.29 is 0 Å². The molecule has 3 heteroatoms. The molecule has 1 unspecified atom stereocenters. The number of likely N-dealkylation sites (N-methyl/N-ethyl adjacent to an activating group) is 1. The van der Waals surface area contributed by atoms with E-state index in [9.17, 15) is 0 Å². The summed E-state index contributed by atoms with van der Waals surface area (Å²) < 4.78 is 0. The van der Waals surface area contributed by atoms with Crippen molar-refractivity contribution in [2.75, 3.05) is 20.1 Å². The maximum atomic E-state index is 8.99. The third-order valence-corrected chi connectivity index (χ3v) is 2.83. The monoisotopic (exact) mass is 211 g/mol. The molecular weight excluding hydrogens is 186 g/mol. The van der Waals surface area contributed by atoms with E-state index in [1.165, 1.54) is 0 Å². The predicted molar refractivity (Wildman–Crippen MR) is 64.7 cm³/mol. The Morgan fingerprint density at radius 1 is 1.27 bits per heavy atom. The van der Waals surface area contributed by atoms with Crippen LogP contribution in [-0.2, 0) is 0 Å². The minimum absolute atomic E-state index is 0.0319. The molecule has 0 aromatic rings. The molecule has 0 aliphatic rings. The van der Waals surface area contributed by atoms with Crippen molar-refractivity contribution in [3.8, 4) is 6.07 Å². The van der Waals surface area contributed by atoms with Gasteiger partial charge in [-0.25, -0.2) is 0 Å². The van der Waals surface area contributed by atoms with Gasteiger partial charge in [0.25, 0.3) is 0 Å². The third-order valence-electron chi connectivity index (χ3n) is 2.83. The molecule has 88 valence electrons. The van der Waals surface area contributed by atoms with Crippen LogP contribution in [0.4, 0.5) is 0 Å². The fourth-order valence-corrected chi connectivity index (χ4v) is 1.82. The normalized spacial score (nSPS) is 13.1. The maximum Gasteiger partial charge on any atom is 0.108 e. The van der Waals surface area contributed by atoms with Crippen LogP contribution in [0.15, 0.2) is 0 Å². The van der Waals surface area contributed by atoms with Crippen LogP contribution in [0.25, 0.3) is 0 Å². The van der Waals surface area contributed by atoms with Crippen molar-refractivity contribution in [3.05, 3.63) is 0 Å². The van der Waals surface area contributed by atoms with Gasteiger partial charge in [-0.15, -0.1) is 0 Å². The zero-order chi connectivity index (χ0) is 11.7. The summed E-state index contributed by atoms with van der Waals surface area (Å²) in [7, 11) is 2.11. The molecule has 0 rings (SSSR count). The summed E-state index contributed by atoms with van der Waals surface area (Å²) in [5, 5.41) is 12.2. The van der Waals surface area contributed by atoms with Crippen LogP contribution >= 0.6 is 0 Å². The highest BCUT2D eigenvalue weighted by Gasteiger charge is 2.15. The Bertz CT molecular complexity index is 182. The molecular formula is C12H25N3. The quantitative estimate of drug-likeness (QED) is 0.667. The van der Waals surface area contributed by atoms with Crippen molar-refractivity contribution in [2.24, 2.45) is 0 Å². The zero-order valence-corrected chi connectivity index (χ0v) is 10.6. The molecule has 3 nitrogen and oxygen atoms in total. The average molecular weight is 211 g/mol. The first-order valence-electron chi connectivity index (χ1n) is 6.02. The SMILES string of the molecule is CCCNC(C#N)CN(C)C(CC)CC. The van der Waals surface area contributed by atoms with E-state index in [0.29, 0.717) is 6.04 Å². The van der Waals surface area contributed by atoms with Crippen LogP contribution < -0.4 is 5.32 Å². The Labute approximate surface area is 94.5 Å². The van der Waals surface area contributed by atoms with E-state index in [1.807, 2.05) is 0 Å². The van der Waals surface area contributed by atoms with E-state index >= 15 is 0 Å². The van der Waals surface area contributed by atoms with Gasteiger partial charge in [-0.05, 0) is 32.9 Å². The minimum Gasteiger partial charge on any atom is -0.301 e. The van der Waals surface area contributed by atoms with Crippen molar-refractivity contribution >= 4 is 0 Å².